The van der Waals surface area contributed by atoms with Crippen molar-refractivity contribution >= 4 is 5.97 Å². The molecule has 4 heterocycles. The Morgan fingerprint density at radius 3 is 2.67 bits per heavy atom. The average molecular weight is 364 g/mol. The minimum atomic E-state index is -0.906. The van der Waals surface area contributed by atoms with E-state index in [2.05, 4.69) is 28.4 Å². The van der Waals surface area contributed by atoms with Crippen molar-refractivity contribution in [1.82, 2.24) is 10.2 Å². The summed E-state index contributed by atoms with van der Waals surface area (Å²) in [5.74, 6) is 0.560. The first kappa shape index (κ1) is 16.8. The molecule has 0 radical (unpaired) electrons. The van der Waals surface area contributed by atoms with Crippen LogP contribution in [0.25, 0.3) is 0 Å². The van der Waals surface area contributed by atoms with Crippen LogP contribution in [0.3, 0.4) is 0 Å². The molecule has 0 aromatic heterocycles. The maximum atomic E-state index is 11.6. The van der Waals surface area contributed by atoms with Gasteiger partial charge in [0.25, 0.3) is 0 Å². The highest BCUT2D eigenvalue weighted by molar-refractivity contribution is 5.88. The number of carbonyl (C=O) groups is 1. The van der Waals surface area contributed by atoms with Crippen molar-refractivity contribution in [2.75, 3.05) is 19.6 Å². The molecular weight excluding hydrogens is 340 g/mol. The van der Waals surface area contributed by atoms with Crippen LogP contribution >= 0.6 is 0 Å². The zero-order valence-electron chi connectivity index (χ0n) is 15.2. The molecule has 4 aliphatic rings. The van der Waals surface area contributed by atoms with Gasteiger partial charge in [-0.15, -0.1) is 0 Å². The van der Waals surface area contributed by atoms with Gasteiger partial charge < -0.3 is 20.1 Å². The fraction of sp³-hybridized carbons (Fsp3) is 0.409. The van der Waals surface area contributed by atoms with Gasteiger partial charge in [0.15, 0.2) is 0 Å². The molecule has 2 unspecified atom stereocenters. The van der Waals surface area contributed by atoms with Crippen molar-refractivity contribution in [3.8, 4) is 5.75 Å². The predicted molar refractivity (Wildman–Crippen MR) is 102 cm³/mol. The first-order chi connectivity index (χ1) is 13.2. The highest BCUT2D eigenvalue weighted by atomic mass is 16.5. The number of nitrogens with zero attached hydrogens (tertiary/aromatic N) is 1. The number of carboxylic acids is 1. The molecule has 0 aliphatic carbocycles. The van der Waals surface area contributed by atoms with Crippen LogP contribution in [0.4, 0.5) is 0 Å². The lowest BCUT2D eigenvalue weighted by atomic mass is 9.82. The van der Waals surface area contributed by atoms with E-state index >= 15 is 0 Å². The molecule has 2 atom stereocenters. The van der Waals surface area contributed by atoms with Gasteiger partial charge in [-0.05, 0) is 61.2 Å². The lowest BCUT2D eigenvalue weighted by Crippen LogP contribution is -2.56. The molecule has 6 rings (SSSR count). The second kappa shape index (κ2) is 6.66. The zero-order chi connectivity index (χ0) is 18.4. The third-order valence-corrected chi connectivity index (χ3v) is 6.35. The number of aromatic carboxylic acids is 1. The van der Waals surface area contributed by atoms with E-state index in [-0.39, 0.29) is 6.04 Å². The number of piperidine rings is 3. The third-order valence-electron chi connectivity index (χ3n) is 6.35. The van der Waals surface area contributed by atoms with Crippen LogP contribution in [0.2, 0.25) is 0 Å². The Bertz CT molecular complexity index is 874. The van der Waals surface area contributed by atoms with Crippen molar-refractivity contribution in [2.45, 2.75) is 31.5 Å². The number of rotatable bonds is 3. The van der Waals surface area contributed by atoms with Crippen molar-refractivity contribution in [3.63, 3.8) is 0 Å². The van der Waals surface area contributed by atoms with Gasteiger partial charge in [-0.25, -0.2) is 4.79 Å². The molecular formula is C22H24N2O3. The smallest absolute Gasteiger partial charge is 0.335 e. The van der Waals surface area contributed by atoms with E-state index in [0.29, 0.717) is 24.1 Å². The Labute approximate surface area is 158 Å². The number of nitrogens with one attached hydrogen (secondary N) is 1. The van der Waals surface area contributed by atoms with Gasteiger partial charge in [-0.1, -0.05) is 24.3 Å². The first-order valence-electron chi connectivity index (χ1n) is 9.75. The summed E-state index contributed by atoms with van der Waals surface area (Å²) in [6.07, 6.45) is 2.48. The molecule has 0 spiro atoms. The third kappa shape index (κ3) is 3.01. The van der Waals surface area contributed by atoms with E-state index in [4.69, 9.17) is 4.74 Å². The molecule has 27 heavy (non-hydrogen) atoms. The maximum Gasteiger partial charge on any atom is 0.335 e. The van der Waals surface area contributed by atoms with E-state index < -0.39 is 5.97 Å². The van der Waals surface area contributed by atoms with E-state index in [1.165, 1.54) is 31.5 Å². The van der Waals surface area contributed by atoms with Crippen LogP contribution in [0, 0.1) is 5.92 Å². The highest BCUT2D eigenvalue weighted by Gasteiger charge is 2.37. The van der Waals surface area contributed by atoms with Crippen LogP contribution in [-0.2, 0) is 6.61 Å². The molecule has 5 heteroatoms. The highest BCUT2D eigenvalue weighted by Crippen LogP contribution is 2.38. The number of carboxylic acid groups (broad SMARTS) is 1. The Morgan fingerprint density at radius 1 is 1.11 bits per heavy atom. The second-order valence-electron chi connectivity index (χ2n) is 7.89. The minimum Gasteiger partial charge on any atom is -0.489 e. The number of ether oxygens (including phenoxy) is 1. The van der Waals surface area contributed by atoms with Crippen LogP contribution in [0.1, 0.15) is 45.9 Å². The monoisotopic (exact) mass is 364 g/mol. The van der Waals surface area contributed by atoms with Crippen molar-refractivity contribution < 1.29 is 14.6 Å². The molecule has 2 bridgehead atoms. The molecule has 3 saturated heterocycles. The topological polar surface area (TPSA) is 61.8 Å². The summed E-state index contributed by atoms with van der Waals surface area (Å²) in [5.41, 5.74) is 3.58. The lowest BCUT2D eigenvalue weighted by molar-refractivity contribution is 0.0688. The summed E-state index contributed by atoms with van der Waals surface area (Å²) >= 11 is 0. The Hall–Kier alpha value is -2.37. The van der Waals surface area contributed by atoms with E-state index in [9.17, 15) is 9.90 Å². The summed E-state index contributed by atoms with van der Waals surface area (Å²) < 4.78 is 6.05. The van der Waals surface area contributed by atoms with Gasteiger partial charge in [0.1, 0.15) is 12.4 Å². The summed E-state index contributed by atoms with van der Waals surface area (Å²) in [6.45, 7) is 3.98. The molecule has 0 amide bonds. The lowest BCUT2D eigenvalue weighted by Gasteiger charge is -2.46. The number of hydrogen-bond acceptors (Lipinski definition) is 4. The average Bonchev–Trinajstić information content (AvgIpc) is 2.86. The zero-order valence-corrected chi connectivity index (χ0v) is 15.2. The predicted octanol–water partition coefficient (Wildman–Crippen LogP) is 3.05. The summed E-state index contributed by atoms with van der Waals surface area (Å²) in [5, 5.41) is 13.4. The summed E-state index contributed by atoms with van der Waals surface area (Å²) in [4.78, 5) is 14.1. The van der Waals surface area contributed by atoms with E-state index in [0.717, 1.165) is 23.4 Å². The maximum absolute atomic E-state index is 11.6. The van der Waals surface area contributed by atoms with Gasteiger partial charge in [-0.3, -0.25) is 0 Å². The fourth-order valence-electron chi connectivity index (χ4n) is 4.86. The van der Waals surface area contributed by atoms with Crippen LogP contribution in [0.5, 0.6) is 5.75 Å². The number of fused-ring (bicyclic) bond motifs is 5. The van der Waals surface area contributed by atoms with Crippen molar-refractivity contribution in [2.24, 2.45) is 5.92 Å². The molecule has 3 fully saturated rings. The SMILES string of the molecule is O=C(O)c1ccc2c(c1)C(NC1CN3CCC1CC3)c1ccccc1CO2. The normalized spacial score (nSPS) is 28.6. The van der Waals surface area contributed by atoms with Crippen LogP contribution in [0.15, 0.2) is 42.5 Å². The molecule has 0 saturated carbocycles. The molecule has 2 aromatic carbocycles. The Kier molecular flexibility index (Phi) is 4.14. The van der Waals surface area contributed by atoms with Crippen LogP contribution in [-0.4, -0.2) is 41.7 Å². The summed E-state index contributed by atoms with van der Waals surface area (Å²) in [7, 11) is 0. The quantitative estimate of drug-likeness (QED) is 0.877. The number of hydrogen-bond donors (Lipinski definition) is 2. The largest absolute Gasteiger partial charge is 0.489 e. The second-order valence-corrected chi connectivity index (χ2v) is 7.89. The number of benzene rings is 2. The molecule has 2 aromatic rings. The van der Waals surface area contributed by atoms with Gasteiger partial charge >= 0.3 is 5.97 Å². The Morgan fingerprint density at radius 2 is 1.93 bits per heavy atom. The van der Waals surface area contributed by atoms with Crippen molar-refractivity contribution in [1.29, 1.82) is 0 Å². The summed E-state index contributed by atoms with van der Waals surface area (Å²) in [6, 6.07) is 13.9. The Balaban J connectivity index is 1.57. The van der Waals surface area contributed by atoms with Gasteiger partial charge in [0.05, 0.1) is 11.6 Å². The molecule has 140 valence electrons. The molecule has 5 nitrogen and oxygen atoms in total. The minimum absolute atomic E-state index is 0.0523. The first-order valence-corrected chi connectivity index (χ1v) is 9.75. The van der Waals surface area contributed by atoms with Crippen LogP contribution < -0.4 is 10.1 Å². The standard InChI is InChI=1S/C22H24N2O3/c25-22(26)15-5-6-20-18(11-15)21(17-4-2-1-3-16(17)13-27-20)23-19-12-24-9-7-14(19)8-10-24/h1-6,11,14,19,21,23H,7-10,12-13H2,(H,25,26). The molecule has 4 aliphatic heterocycles. The van der Waals surface area contributed by atoms with Gasteiger partial charge in [-0.2, -0.15) is 0 Å². The molecule has 2 N–H and O–H groups in total. The van der Waals surface area contributed by atoms with E-state index in [1.807, 2.05) is 6.07 Å². The van der Waals surface area contributed by atoms with Gasteiger partial charge in [0, 0.05) is 18.2 Å². The van der Waals surface area contributed by atoms with Gasteiger partial charge in [0.2, 0.25) is 0 Å². The van der Waals surface area contributed by atoms with E-state index in [1.54, 1.807) is 18.2 Å². The fourth-order valence-corrected chi connectivity index (χ4v) is 4.86. The van der Waals surface area contributed by atoms with Crippen molar-refractivity contribution in [3.05, 3.63) is 64.7 Å².